The van der Waals surface area contributed by atoms with Gasteiger partial charge in [-0.3, -0.25) is 4.84 Å². The molecule has 0 spiro atoms. The Balaban J connectivity index is 1.61. The number of likely N-dealkylation sites (N-methyl/N-ethyl adjacent to an activating group) is 1. The Labute approximate surface area is 215 Å². The summed E-state index contributed by atoms with van der Waals surface area (Å²) in [4.78, 5) is 22.0. The molecule has 2 aliphatic rings. The van der Waals surface area contributed by atoms with Crippen LogP contribution in [0.3, 0.4) is 0 Å². The first-order valence-electron chi connectivity index (χ1n) is 12.5. The molecule has 1 aromatic rings. The number of carbonyl (C=O) groups is 1. The van der Waals surface area contributed by atoms with Gasteiger partial charge in [0, 0.05) is 43.3 Å². The number of nitrogens with one attached hydrogen (secondary N) is 1. The molecule has 0 radical (unpaired) electrons. The van der Waals surface area contributed by atoms with Crippen LogP contribution in [0.15, 0.2) is 58.8 Å². The molecule has 6 nitrogen and oxygen atoms in total. The SMILES string of the molecule is CCC1(CCN(C)C/C2=C/N(C(C)C)C/C(C)=C\C(Cl)=C/C2)CC(c2ccc(C(=O)O)cc2)NO1. The Morgan fingerprint density at radius 1 is 1.34 bits per heavy atom. The lowest BCUT2D eigenvalue weighted by molar-refractivity contribution is -0.0664. The van der Waals surface area contributed by atoms with Gasteiger partial charge in [0.05, 0.1) is 17.2 Å². The molecule has 2 unspecified atom stereocenters. The van der Waals surface area contributed by atoms with Gasteiger partial charge >= 0.3 is 5.97 Å². The molecule has 35 heavy (non-hydrogen) atoms. The zero-order valence-corrected chi connectivity index (χ0v) is 22.4. The monoisotopic (exact) mass is 501 g/mol. The van der Waals surface area contributed by atoms with Crippen LogP contribution in [0.4, 0.5) is 0 Å². The van der Waals surface area contributed by atoms with E-state index in [-0.39, 0.29) is 11.6 Å². The lowest BCUT2D eigenvalue weighted by Gasteiger charge is -2.30. The maximum Gasteiger partial charge on any atom is 0.335 e. The lowest BCUT2D eigenvalue weighted by Crippen LogP contribution is -2.35. The molecule has 1 aromatic carbocycles. The largest absolute Gasteiger partial charge is 0.478 e. The van der Waals surface area contributed by atoms with Crippen LogP contribution in [-0.2, 0) is 4.84 Å². The molecular weight excluding hydrogens is 462 g/mol. The average molecular weight is 502 g/mol. The van der Waals surface area contributed by atoms with Crippen molar-refractivity contribution >= 4 is 17.6 Å². The molecule has 192 valence electrons. The smallest absolute Gasteiger partial charge is 0.335 e. The minimum absolute atomic E-state index is 0.0581. The lowest BCUT2D eigenvalue weighted by atomic mass is 9.87. The second kappa shape index (κ2) is 12.2. The molecule has 7 heteroatoms. The van der Waals surface area contributed by atoms with Crippen LogP contribution in [0.25, 0.3) is 0 Å². The molecule has 0 aromatic heterocycles. The first kappa shape index (κ1) is 27.5. The van der Waals surface area contributed by atoms with Crippen molar-refractivity contribution in [2.24, 2.45) is 0 Å². The first-order chi connectivity index (χ1) is 16.6. The fraction of sp³-hybridized carbons (Fsp3) is 0.536. The van der Waals surface area contributed by atoms with Gasteiger partial charge in [-0.15, -0.1) is 0 Å². The summed E-state index contributed by atoms with van der Waals surface area (Å²) in [5.74, 6) is -0.908. The van der Waals surface area contributed by atoms with Crippen LogP contribution in [0, 0.1) is 0 Å². The standard InChI is InChI=1S/C28H40ClN3O3/c1-6-28(16-26(30-35-28)23-8-10-24(11-9-23)27(33)34)13-14-31(5)18-22-7-12-25(29)15-21(4)17-32(19-22)20(2)3/h8-12,15,19-20,26,30H,6-7,13-14,16-18H2,1-5H3,(H,33,34)/b21-15-,22-19+,25-12+. The molecule has 2 atom stereocenters. The number of aromatic carboxylic acids is 1. The van der Waals surface area contributed by atoms with Gasteiger partial charge in [0.2, 0.25) is 0 Å². The topological polar surface area (TPSA) is 65.0 Å². The highest BCUT2D eigenvalue weighted by Crippen LogP contribution is 2.38. The number of carboxylic acid groups (broad SMARTS) is 1. The number of halogens is 1. The summed E-state index contributed by atoms with van der Waals surface area (Å²) >= 11 is 6.44. The maximum atomic E-state index is 11.1. The second-order valence-electron chi connectivity index (χ2n) is 10.3. The fourth-order valence-electron chi connectivity index (χ4n) is 4.69. The Hall–Kier alpha value is -2.12. The van der Waals surface area contributed by atoms with Crippen molar-refractivity contribution in [2.75, 3.05) is 26.7 Å². The highest BCUT2D eigenvalue weighted by atomic mass is 35.5. The van der Waals surface area contributed by atoms with Crippen LogP contribution >= 0.6 is 11.6 Å². The molecule has 0 saturated carbocycles. The van der Waals surface area contributed by atoms with E-state index in [1.807, 2.05) is 12.1 Å². The van der Waals surface area contributed by atoms with Crippen LogP contribution in [-0.4, -0.2) is 59.2 Å². The minimum Gasteiger partial charge on any atom is -0.478 e. The zero-order chi connectivity index (χ0) is 25.6. The van der Waals surface area contributed by atoms with Crippen LogP contribution in [0.5, 0.6) is 0 Å². The molecule has 3 rings (SSSR count). The van der Waals surface area contributed by atoms with Crippen molar-refractivity contribution in [2.45, 2.75) is 71.1 Å². The predicted molar refractivity (Wildman–Crippen MR) is 142 cm³/mol. The van der Waals surface area contributed by atoms with Gasteiger partial charge in [0.15, 0.2) is 0 Å². The van der Waals surface area contributed by atoms with Crippen molar-refractivity contribution in [3.8, 4) is 0 Å². The van der Waals surface area contributed by atoms with E-state index in [4.69, 9.17) is 21.5 Å². The number of allylic oxidation sites excluding steroid dienone is 3. The number of rotatable bonds is 9. The number of benzene rings is 1. The van der Waals surface area contributed by atoms with E-state index < -0.39 is 5.97 Å². The molecular formula is C28H40ClN3O3. The summed E-state index contributed by atoms with van der Waals surface area (Å²) in [5, 5.41) is 9.95. The molecule has 0 amide bonds. The summed E-state index contributed by atoms with van der Waals surface area (Å²) in [7, 11) is 2.16. The highest BCUT2D eigenvalue weighted by molar-refractivity contribution is 6.31. The molecule has 2 N–H and O–H groups in total. The third-order valence-electron chi connectivity index (χ3n) is 7.01. The Morgan fingerprint density at radius 2 is 2.06 bits per heavy atom. The van der Waals surface area contributed by atoms with Gasteiger partial charge < -0.3 is 14.9 Å². The summed E-state index contributed by atoms with van der Waals surface area (Å²) in [6, 6.07) is 7.54. The first-order valence-corrected chi connectivity index (χ1v) is 12.9. The number of hydroxylamine groups is 1. The van der Waals surface area contributed by atoms with E-state index in [0.29, 0.717) is 11.6 Å². The number of nitrogens with zero attached hydrogens (tertiary/aromatic N) is 2. The van der Waals surface area contributed by atoms with E-state index in [9.17, 15) is 4.79 Å². The van der Waals surface area contributed by atoms with Crippen molar-refractivity contribution in [3.05, 3.63) is 69.9 Å². The summed E-state index contributed by atoms with van der Waals surface area (Å²) in [5.41, 5.74) is 6.91. The van der Waals surface area contributed by atoms with Gasteiger partial charge in [-0.1, -0.05) is 42.3 Å². The fourth-order valence-corrected chi connectivity index (χ4v) is 4.95. The second-order valence-corrected chi connectivity index (χ2v) is 10.7. The molecule has 2 heterocycles. The highest BCUT2D eigenvalue weighted by Gasteiger charge is 2.39. The van der Waals surface area contributed by atoms with Crippen LogP contribution in [0.2, 0.25) is 0 Å². The van der Waals surface area contributed by atoms with E-state index >= 15 is 0 Å². The van der Waals surface area contributed by atoms with Crippen molar-refractivity contribution < 1.29 is 14.7 Å². The Bertz CT molecular complexity index is 970. The van der Waals surface area contributed by atoms with Gasteiger partial charge in [0.25, 0.3) is 0 Å². The quantitative estimate of drug-likeness (QED) is 0.440. The third-order valence-corrected chi connectivity index (χ3v) is 7.27. The van der Waals surface area contributed by atoms with Crippen LogP contribution < -0.4 is 5.48 Å². The van der Waals surface area contributed by atoms with E-state index in [2.05, 4.69) is 68.4 Å². The minimum atomic E-state index is -0.908. The maximum absolute atomic E-state index is 11.1. The van der Waals surface area contributed by atoms with Gasteiger partial charge in [-0.25, -0.2) is 4.79 Å². The summed E-state index contributed by atoms with van der Waals surface area (Å²) in [6.45, 7) is 11.4. The zero-order valence-electron chi connectivity index (χ0n) is 21.7. The number of carboxylic acids is 1. The van der Waals surface area contributed by atoms with Crippen molar-refractivity contribution in [3.63, 3.8) is 0 Å². The molecule has 0 aliphatic carbocycles. The van der Waals surface area contributed by atoms with Crippen LogP contribution in [0.1, 0.15) is 75.3 Å². The van der Waals surface area contributed by atoms with Gasteiger partial charge in [0.1, 0.15) is 0 Å². The van der Waals surface area contributed by atoms with E-state index in [0.717, 1.165) is 55.9 Å². The van der Waals surface area contributed by atoms with Crippen molar-refractivity contribution in [1.82, 2.24) is 15.3 Å². The molecule has 0 bridgehead atoms. The normalized spacial score (nSPS) is 27.9. The summed E-state index contributed by atoms with van der Waals surface area (Å²) < 4.78 is 0. The van der Waals surface area contributed by atoms with Gasteiger partial charge in [-0.05, 0) is 76.4 Å². The number of hydrogen-bond donors (Lipinski definition) is 2. The van der Waals surface area contributed by atoms with Crippen molar-refractivity contribution in [1.29, 1.82) is 0 Å². The average Bonchev–Trinajstić information content (AvgIpc) is 3.27. The predicted octanol–water partition coefficient (Wildman–Crippen LogP) is 5.89. The van der Waals surface area contributed by atoms with Gasteiger partial charge in [-0.2, -0.15) is 5.48 Å². The third kappa shape index (κ3) is 7.68. The number of hydrogen-bond acceptors (Lipinski definition) is 5. The molecule has 1 saturated heterocycles. The molecule has 2 aliphatic heterocycles. The summed E-state index contributed by atoms with van der Waals surface area (Å²) in [6.07, 6.45) is 9.99. The Morgan fingerprint density at radius 3 is 2.69 bits per heavy atom. The Kier molecular flexibility index (Phi) is 9.59. The molecule has 1 fully saturated rings. The van der Waals surface area contributed by atoms with E-state index in [1.165, 1.54) is 11.1 Å². The van der Waals surface area contributed by atoms with E-state index in [1.54, 1.807) is 12.1 Å².